The molecule has 0 atom stereocenters. The molecule has 1 aliphatic carbocycles. The number of aryl methyl sites for hydroxylation is 1. The summed E-state index contributed by atoms with van der Waals surface area (Å²) in [5.41, 5.74) is 6.88. The summed E-state index contributed by atoms with van der Waals surface area (Å²) < 4.78 is 0. The molecule has 18 heavy (non-hydrogen) atoms. The first-order valence-electron chi connectivity index (χ1n) is 6.22. The van der Waals surface area contributed by atoms with Crippen molar-refractivity contribution >= 4 is 23.2 Å². The Bertz CT molecular complexity index is 435. The van der Waals surface area contributed by atoms with Gasteiger partial charge in [-0.25, -0.2) is 4.98 Å². The fourth-order valence-corrected chi connectivity index (χ4v) is 2.75. The van der Waals surface area contributed by atoms with E-state index < -0.39 is 5.41 Å². The first-order chi connectivity index (χ1) is 8.59. The molecule has 1 aromatic rings. The van der Waals surface area contributed by atoms with E-state index >= 15 is 0 Å². The maximum absolute atomic E-state index is 12.4. The molecule has 1 aliphatic rings. The minimum atomic E-state index is -0.425. The SMILES string of the molecule is Cc1ccnc(Cl)c1NC(=O)C1(CN)CCCC1. The van der Waals surface area contributed by atoms with Crippen LogP contribution in [0.5, 0.6) is 0 Å². The second kappa shape index (κ2) is 5.24. The van der Waals surface area contributed by atoms with Crippen molar-refractivity contribution in [3.8, 4) is 0 Å². The zero-order valence-corrected chi connectivity index (χ0v) is 11.3. The van der Waals surface area contributed by atoms with Crippen LogP contribution < -0.4 is 11.1 Å². The molecule has 1 amide bonds. The highest BCUT2D eigenvalue weighted by Gasteiger charge is 2.40. The molecule has 0 radical (unpaired) electrons. The second-order valence-electron chi connectivity index (χ2n) is 4.94. The summed E-state index contributed by atoms with van der Waals surface area (Å²) in [6.45, 7) is 2.28. The van der Waals surface area contributed by atoms with Crippen LogP contribution in [0.3, 0.4) is 0 Å². The Morgan fingerprint density at radius 3 is 2.78 bits per heavy atom. The molecule has 0 aromatic carbocycles. The van der Waals surface area contributed by atoms with E-state index in [1.807, 2.05) is 13.0 Å². The zero-order valence-electron chi connectivity index (χ0n) is 10.5. The number of hydrogen-bond acceptors (Lipinski definition) is 3. The number of rotatable bonds is 3. The Morgan fingerprint density at radius 1 is 1.56 bits per heavy atom. The Morgan fingerprint density at radius 2 is 2.22 bits per heavy atom. The molecule has 1 fully saturated rings. The molecule has 1 saturated carbocycles. The molecule has 2 rings (SSSR count). The van der Waals surface area contributed by atoms with E-state index in [0.29, 0.717) is 17.4 Å². The number of nitrogens with one attached hydrogen (secondary N) is 1. The molecule has 0 aliphatic heterocycles. The smallest absolute Gasteiger partial charge is 0.231 e. The van der Waals surface area contributed by atoms with Crippen molar-refractivity contribution in [2.75, 3.05) is 11.9 Å². The summed E-state index contributed by atoms with van der Waals surface area (Å²) in [5.74, 6) is -0.0273. The van der Waals surface area contributed by atoms with E-state index in [1.165, 1.54) is 0 Å². The third-order valence-electron chi connectivity index (χ3n) is 3.78. The van der Waals surface area contributed by atoms with Crippen molar-refractivity contribution in [1.82, 2.24) is 4.98 Å². The van der Waals surface area contributed by atoms with E-state index in [1.54, 1.807) is 6.20 Å². The molecule has 98 valence electrons. The van der Waals surface area contributed by atoms with Gasteiger partial charge in [0, 0.05) is 12.7 Å². The average Bonchev–Trinajstić information content (AvgIpc) is 2.84. The minimum Gasteiger partial charge on any atom is -0.329 e. The van der Waals surface area contributed by atoms with Crippen molar-refractivity contribution in [3.63, 3.8) is 0 Å². The van der Waals surface area contributed by atoms with Crippen LogP contribution in [-0.4, -0.2) is 17.4 Å². The molecule has 1 aromatic heterocycles. The van der Waals surface area contributed by atoms with Gasteiger partial charge in [0.05, 0.1) is 11.1 Å². The van der Waals surface area contributed by atoms with Gasteiger partial charge < -0.3 is 11.1 Å². The Labute approximate surface area is 112 Å². The number of anilines is 1. The Hall–Kier alpha value is -1.13. The van der Waals surface area contributed by atoms with Gasteiger partial charge in [0.15, 0.2) is 5.15 Å². The highest BCUT2D eigenvalue weighted by Crippen LogP contribution is 2.38. The van der Waals surface area contributed by atoms with Gasteiger partial charge in [-0.15, -0.1) is 0 Å². The number of carbonyl (C=O) groups is 1. The third-order valence-corrected chi connectivity index (χ3v) is 4.07. The van der Waals surface area contributed by atoms with Crippen LogP contribution in [0, 0.1) is 12.3 Å². The van der Waals surface area contributed by atoms with Crippen LogP contribution in [0.1, 0.15) is 31.2 Å². The Balaban J connectivity index is 2.21. The van der Waals surface area contributed by atoms with E-state index in [0.717, 1.165) is 31.2 Å². The lowest BCUT2D eigenvalue weighted by molar-refractivity contribution is -0.124. The van der Waals surface area contributed by atoms with Crippen LogP contribution in [0.4, 0.5) is 5.69 Å². The largest absolute Gasteiger partial charge is 0.329 e. The van der Waals surface area contributed by atoms with Crippen molar-refractivity contribution in [3.05, 3.63) is 23.0 Å². The summed E-state index contributed by atoms with van der Waals surface area (Å²) >= 11 is 6.01. The predicted octanol–water partition coefficient (Wildman–Crippen LogP) is 2.50. The molecular formula is C13H18ClN3O. The first kappa shape index (κ1) is 13.3. The monoisotopic (exact) mass is 267 g/mol. The average molecular weight is 268 g/mol. The van der Waals surface area contributed by atoms with Gasteiger partial charge in [0.25, 0.3) is 0 Å². The molecule has 0 bridgehead atoms. The molecule has 5 heteroatoms. The Kier molecular flexibility index (Phi) is 3.88. The summed E-state index contributed by atoms with van der Waals surface area (Å²) in [4.78, 5) is 16.4. The van der Waals surface area contributed by atoms with Crippen LogP contribution in [0.15, 0.2) is 12.3 Å². The number of aromatic nitrogens is 1. The number of nitrogens with two attached hydrogens (primary N) is 1. The molecular weight excluding hydrogens is 250 g/mol. The van der Waals surface area contributed by atoms with Crippen LogP contribution >= 0.6 is 11.6 Å². The summed E-state index contributed by atoms with van der Waals surface area (Å²) in [6, 6.07) is 1.82. The van der Waals surface area contributed by atoms with Crippen LogP contribution in [0.2, 0.25) is 5.15 Å². The number of halogens is 1. The number of carbonyl (C=O) groups excluding carboxylic acids is 1. The molecule has 1 heterocycles. The van der Waals surface area contributed by atoms with E-state index in [2.05, 4.69) is 10.3 Å². The lowest BCUT2D eigenvalue weighted by Crippen LogP contribution is -2.40. The predicted molar refractivity (Wildman–Crippen MR) is 72.6 cm³/mol. The van der Waals surface area contributed by atoms with Crippen LogP contribution in [-0.2, 0) is 4.79 Å². The van der Waals surface area contributed by atoms with Gasteiger partial charge >= 0.3 is 0 Å². The van der Waals surface area contributed by atoms with Gasteiger partial charge in [-0.05, 0) is 31.4 Å². The zero-order chi connectivity index (χ0) is 13.2. The van der Waals surface area contributed by atoms with Crippen molar-refractivity contribution < 1.29 is 4.79 Å². The van der Waals surface area contributed by atoms with Gasteiger partial charge in [0.2, 0.25) is 5.91 Å². The number of pyridine rings is 1. The highest BCUT2D eigenvalue weighted by atomic mass is 35.5. The number of amides is 1. The maximum atomic E-state index is 12.4. The minimum absolute atomic E-state index is 0.0273. The van der Waals surface area contributed by atoms with Gasteiger partial charge in [0.1, 0.15) is 0 Å². The lowest BCUT2D eigenvalue weighted by atomic mass is 9.85. The number of nitrogens with zero attached hydrogens (tertiary/aromatic N) is 1. The maximum Gasteiger partial charge on any atom is 0.231 e. The fourth-order valence-electron chi connectivity index (χ4n) is 2.50. The summed E-state index contributed by atoms with van der Waals surface area (Å²) in [7, 11) is 0. The lowest BCUT2D eigenvalue weighted by Gasteiger charge is -2.26. The second-order valence-corrected chi connectivity index (χ2v) is 5.30. The van der Waals surface area contributed by atoms with Crippen LogP contribution in [0.25, 0.3) is 0 Å². The summed E-state index contributed by atoms with van der Waals surface area (Å²) in [5, 5.41) is 3.23. The molecule has 0 unspecified atom stereocenters. The molecule has 3 N–H and O–H groups in total. The molecule has 0 saturated heterocycles. The normalized spacial score (nSPS) is 17.7. The highest BCUT2D eigenvalue weighted by molar-refractivity contribution is 6.32. The van der Waals surface area contributed by atoms with Gasteiger partial charge in [-0.2, -0.15) is 0 Å². The molecule has 4 nitrogen and oxygen atoms in total. The van der Waals surface area contributed by atoms with Crippen molar-refractivity contribution in [2.45, 2.75) is 32.6 Å². The van der Waals surface area contributed by atoms with E-state index in [-0.39, 0.29) is 5.91 Å². The van der Waals surface area contributed by atoms with E-state index in [4.69, 9.17) is 17.3 Å². The summed E-state index contributed by atoms with van der Waals surface area (Å²) in [6.07, 6.45) is 5.45. The standard InChI is InChI=1S/C13H18ClN3O/c1-9-4-7-16-11(14)10(9)17-12(18)13(8-15)5-2-3-6-13/h4,7H,2-3,5-6,8,15H2,1H3,(H,17,18). The van der Waals surface area contributed by atoms with Gasteiger partial charge in [-0.3, -0.25) is 4.79 Å². The van der Waals surface area contributed by atoms with Gasteiger partial charge in [-0.1, -0.05) is 24.4 Å². The quantitative estimate of drug-likeness (QED) is 0.827. The van der Waals surface area contributed by atoms with E-state index in [9.17, 15) is 4.79 Å². The van der Waals surface area contributed by atoms with Crippen molar-refractivity contribution in [2.24, 2.45) is 11.1 Å². The number of hydrogen-bond donors (Lipinski definition) is 2. The third kappa shape index (κ3) is 2.35. The topological polar surface area (TPSA) is 68.0 Å². The first-order valence-corrected chi connectivity index (χ1v) is 6.59. The molecule has 0 spiro atoms. The van der Waals surface area contributed by atoms with Crippen molar-refractivity contribution in [1.29, 1.82) is 0 Å². The fraction of sp³-hybridized carbons (Fsp3) is 0.538.